The summed E-state index contributed by atoms with van der Waals surface area (Å²) in [7, 11) is 1.00. The molecule has 15 atom stereocenters. The molecular weight excluding hydrogens is 1340 g/mol. The normalized spacial score (nSPS) is 23.1. The van der Waals surface area contributed by atoms with Gasteiger partial charge >= 0.3 is 77.1 Å². The second-order valence-electron chi connectivity index (χ2n) is 29.8. The van der Waals surface area contributed by atoms with Gasteiger partial charge in [0.1, 0.15) is 22.4 Å². The Morgan fingerprint density at radius 1 is 0.433 bits per heavy atom. The predicted octanol–water partition coefficient (Wildman–Crippen LogP) is 14.6. The topological polar surface area (TPSA) is 202 Å². The van der Waals surface area contributed by atoms with Crippen molar-refractivity contribution in [2.75, 3.05) is 33.5 Å². The Morgan fingerprint density at radius 2 is 0.622 bits per heavy atom. The summed E-state index contributed by atoms with van der Waals surface area (Å²) in [5, 5.41) is 45.8. The Bertz CT molecular complexity index is 1780. The first-order chi connectivity index (χ1) is 39.4. The van der Waals surface area contributed by atoms with E-state index in [1.54, 1.807) is 6.92 Å². The molecule has 12 nitrogen and oxygen atoms in total. The van der Waals surface area contributed by atoms with Crippen molar-refractivity contribution in [1.29, 1.82) is 0 Å². The van der Waals surface area contributed by atoms with Crippen LogP contribution in [-0.2, 0) is 33.3 Å². The number of ether oxygens (including phenoxy) is 4. The fourth-order valence-corrected chi connectivity index (χ4v) is 10.6. The molecule has 0 bridgehead atoms. The fourth-order valence-electron chi connectivity index (χ4n) is 10.6. The molecule has 0 aromatic rings. The number of ketones is 3. The molecule has 532 valence electrons. The molecule has 4 fully saturated rings. The van der Waals surface area contributed by atoms with Crippen LogP contribution in [0, 0.1) is 121 Å². The monoisotopic (exact) mass is 1480 g/mol. The van der Waals surface area contributed by atoms with Gasteiger partial charge in [-0.05, 0) is 164 Å². The molecule has 4 aliphatic rings. The van der Waals surface area contributed by atoms with Crippen molar-refractivity contribution in [3.05, 3.63) is 43.9 Å². The van der Waals surface area contributed by atoms with Gasteiger partial charge in [-0.3, -0.25) is 14.4 Å². The van der Waals surface area contributed by atoms with Crippen LogP contribution >= 0.6 is 16.9 Å². The third-order valence-electron chi connectivity index (χ3n) is 15.4. The number of hydrogen-bond donors (Lipinski definition) is 5. The van der Waals surface area contributed by atoms with E-state index in [4.69, 9.17) is 40.9 Å². The van der Waals surface area contributed by atoms with Crippen molar-refractivity contribution in [2.24, 2.45) is 82.9 Å². The standard InChI is InChI=1S/2C10H20O2.2C10H18O2.2C10H20O.C10H18O.CH4O.CH3.B.Ce.3ClH.Na.H/c4*1-7(2)5-8(3)9(11)10(4)6-12-10;3*1-7(2)6-9(5)10(11)8(3)4;1-2;;;;;;;;/h2*7-9,11H,5-6H2,1-4H3;2*7-8H,5-6H2,1-4H3;2*7,9-11H,3,6H2,1-2,4-5H3;7,9H,3,6H2,1-2,4-5H3;2H,1H3;1H3;;;3*1H;;/q;;;;;;;;-1;;+3;;;;+1;-1/p-3/t2*8?,9-,10+;2*8?,10-;2*9?,10-;;;;;;;;;;/m101010........../s1. The Balaban J connectivity index is -0.000000120. The molecule has 7 unspecified atom stereocenters. The van der Waals surface area contributed by atoms with Crippen LogP contribution in [0.15, 0.2) is 36.5 Å². The van der Waals surface area contributed by atoms with Crippen LogP contribution in [0.3, 0.4) is 0 Å². The van der Waals surface area contributed by atoms with E-state index in [0.717, 1.165) is 76.4 Å². The molecule has 4 saturated heterocycles. The molecule has 90 heavy (non-hydrogen) atoms. The maximum absolute atomic E-state index is 11.6. The summed E-state index contributed by atoms with van der Waals surface area (Å²) in [6.45, 7) is 71.5. The van der Waals surface area contributed by atoms with E-state index >= 15 is 0 Å². The summed E-state index contributed by atoms with van der Waals surface area (Å²) in [4.78, 5) is 34.6. The molecule has 4 aliphatic heterocycles. The van der Waals surface area contributed by atoms with Gasteiger partial charge in [-0.25, -0.2) is 0 Å². The van der Waals surface area contributed by atoms with E-state index in [1.807, 2.05) is 62.3 Å². The summed E-state index contributed by atoms with van der Waals surface area (Å²) >= 11 is -2.24. The zero-order valence-corrected chi connectivity index (χ0v) is 71.0. The van der Waals surface area contributed by atoms with Gasteiger partial charge in [0.25, 0.3) is 0 Å². The SMILES string of the molecule is C=C(C)C(=O)C(C)CC(C)C.C=C(C)[C@@H](O)C(C)CC(C)C.C=C(C)[C@H](O)C(C)CC(C)C.CC(C)CC(C)C(=O)[C@@]1(C)CO1.CC(C)CC(C)C(=O)[C@]1(C)CO1.CC(C)CC(C)[C@@H](O)[C@]1(C)CO1.CC(C)CC(C)[C@H](O)[C@@]1(C)CO1.CO.[B].[CH3-].[Cl][Ce]([Cl])[Cl].[H-].[Na+]. The quantitative estimate of drug-likeness (QED) is 0.0163. The van der Waals surface area contributed by atoms with Crippen LogP contribution in [0.4, 0.5) is 0 Å². The van der Waals surface area contributed by atoms with Crippen molar-refractivity contribution in [1.82, 2.24) is 0 Å². The van der Waals surface area contributed by atoms with Crippen LogP contribution in [0.2, 0.25) is 0 Å². The van der Waals surface area contributed by atoms with Crippen molar-refractivity contribution in [2.45, 2.75) is 286 Å². The molecule has 18 heteroatoms. The average Bonchev–Trinajstić information content (AvgIpc) is 4.21. The fraction of sp³-hybridized carbons (Fsp3) is 0.861. The molecule has 4 heterocycles. The third kappa shape index (κ3) is 54.1. The first kappa shape index (κ1) is 107. The largest absolute Gasteiger partial charge is 1.00 e. The summed E-state index contributed by atoms with van der Waals surface area (Å²) < 4.78 is 20.6. The molecule has 5 N–H and O–H groups in total. The van der Waals surface area contributed by atoms with E-state index in [0.29, 0.717) is 83.9 Å². The zero-order chi connectivity index (χ0) is 70.0. The number of epoxide rings is 4. The number of allylic oxidation sites excluding steroid dienone is 1. The molecular formula is C72H142BCeCl3NaO12-. The molecule has 0 aliphatic carbocycles. The Hall–Kier alpha value is 1.18. The van der Waals surface area contributed by atoms with Gasteiger partial charge in [0.15, 0.2) is 17.3 Å². The Labute approximate surface area is 603 Å². The number of carbonyl (C=O) groups is 3. The molecule has 0 spiro atoms. The van der Waals surface area contributed by atoms with Gasteiger partial charge < -0.3 is 53.3 Å². The first-order valence-corrected chi connectivity index (χ1v) is 44.4. The van der Waals surface area contributed by atoms with Crippen molar-refractivity contribution in [3.8, 4) is 0 Å². The summed E-state index contributed by atoms with van der Waals surface area (Å²) in [5.41, 5.74) is 16.2. The smallest absolute Gasteiger partial charge is 1.00 e. The van der Waals surface area contributed by atoms with Gasteiger partial charge in [-0.2, -0.15) is 0 Å². The van der Waals surface area contributed by atoms with Crippen molar-refractivity contribution in [3.63, 3.8) is 0 Å². The molecule has 0 amide bonds. The maximum Gasteiger partial charge on any atom is 1.00 e. The van der Waals surface area contributed by atoms with Crippen LogP contribution in [0.25, 0.3) is 0 Å². The van der Waals surface area contributed by atoms with E-state index < -0.39 is 41.9 Å². The first-order valence-electron chi connectivity index (χ1n) is 32.5. The zero-order valence-electron chi connectivity index (χ0n) is 64.6. The van der Waals surface area contributed by atoms with Crippen LogP contribution in [0.5, 0.6) is 0 Å². The van der Waals surface area contributed by atoms with Gasteiger partial charge in [0.05, 0.1) is 50.8 Å². The van der Waals surface area contributed by atoms with Crippen LogP contribution in [-0.4, -0.2) is 132 Å². The average molecular weight is 1480 g/mol. The number of aliphatic hydroxyl groups excluding tert-OH is 5. The van der Waals surface area contributed by atoms with Crippen LogP contribution in [0.1, 0.15) is 240 Å². The van der Waals surface area contributed by atoms with Gasteiger partial charge in [0, 0.05) is 33.3 Å². The molecule has 0 aromatic heterocycles. The molecule has 3 radical (unpaired) electrons. The van der Waals surface area contributed by atoms with Crippen LogP contribution < -0.4 is 29.6 Å². The predicted molar refractivity (Wildman–Crippen MR) is 380 cm³/mol. The van der Waals surface area contributed by atoms with Crippen molar-refractivity contribution < 1.29 is 121 Å². The number of carbonyl (C=O) groups excluding carboxylic acids is 3. The number of Topliss-reactive ketones (excluding diaryl/α,β-unsaturated/α-hetero) is 3. The summed E-state index contributed by atoms with van der Waals surface area (Å²) in [6.07, 6.45) is 5.94. The molecule has 0 saturated carbocycles. The second kappa shape index (κ2) is 54.1. The van der Waals surface area contributed by atoms with E-state index in [2.05, 4.69) is 144 Å². The van der Waals surface area contributed by atoms with Gasteiger partial charge in [-0.15, -0.1) is 0 Å². The van der Waals surface area contributed by atoms with E-state index in [-0.39, 0.29) is 118 Å². The number of halogens is 3. The molecule has 0 aromatic carbocycles. The number of aliphatic hydroxyl groups is 5. The van der Waals surface area contributed by atoms with E-state index in [9.17, 15) is 34.8 Å². The Kier molecular flexibility index (Phi) is 64.4. The summed E-state index contributed by atoms with van der Waals surface area (Å²) in [5.74, 6) is 6.95. The Morgan fingerprint density at radius 3 is 0.778 bits per heavy atom. The van der Waals surface area contributed by atoms with Gasteiger partial charge in [0.2, 0.25) is 0 Å². The number of rotatable bonds is 28. The third-order valence-corrected chi connectivity index (χ3v) is 15.4. The minimum absolute atomic E-state index is 0. The van der Waals surface area contributed by atoms with E-state index in [1.165, 1.54) is 0 Å². The number of hydrogen-bond acceptors (Lipinski definition) is 12. The minimum atomic E-state index is -2.24. The minimum Gasteiger partial charge on any atom is -1.00 e. The second-order valence-corrected chi connectivity index (χ2v) is 43.6. The summed E-state index contributed by atoms with van der Waals surface area (Å²) in [6, 6.07) is 0. The maximum atomic E-state index is 11.6. The molecule has 4 rings (SSSR count). The van der Waals surface area contributed by atoms with Gasteiger partial charge in [-0.1, -0.05) is 176 Å². The van der Waals surface area contributed by atoms with Crippen molar-refractivity contribution >= 4 is 42.6 Å².